The Kier molecular flexibility index (Phi) is 4.68. The molecule has 0 aliphatic heterocycles. The van der Waals surface area contributed by atoms with Crippen molar-refractivity contribution in [2.24, 2.45) is 11.7 Å². The number of hydrogen-bond acceptors (Lipinski definition) is 3. The van der Waals surface area contributed by atoms with E-state index in [1.54, 1.807) is 0 Å². The first kappa shape index (κ1) is 13.7. The Morgan fingerprint density at radius 1 is 1.32 bits per heavy atom. The molecule has 2 N–H and O–H groups in total. The number of rotatable bonds is 6. The summed E-state index contributed by atoms with van der Waals surface area (Å²) < 4.78 is 2.14. The molecular formula is C15H22N4. The number of aryl methyl sites for hydroxylation is 2. The van der Waals surface area contributed by atoms with Crippen LogP contribution in [0.1, 0.15) is 37.7 Å². The third-order valence-corrected chi connectivity index (χ3v) is 3.18. The summed E-state index contributed by atoms with van der Waals surface area (Å²) in [5.41, 5.74) is 8.45. The van der Waals surface area contributed by atoms with E-state index in [0.29, 0.717) is 5.92 Å². The number of nitrogens with zero attached hydrogens (tertiary/aromatic N) is 3. The van der Waals surface area contributed by atoms with Gasteiger partial charge in [0.05, 0.1) is 12.0 Å². The first-order chi connectivity index (χ1) is 9.16. The van der Waals surface area contributed by atoms with E-state index in [2.05, 4.69) is 28.4 Å². The molecule has 102 valence electrons. The highest BCUT2D eigenvalue weighted by Crippen LogP contribution is 2.18. The highest BCUT2D eigenvalue weighted by Gasteiger charge is 2.13. The van der Waals surface area contributed by atoms with Crippen LogP contribution in [0.3, 0.4) is 0 Å². The van der Waals surface area contributed by atoms with Crippen molar-refractivity contribution >= 4 is 0 Å². The molecule has 0 aliphatic rings. The molecule has 0 aliphatic carbocycles. The van der Waals surface area contributed by atoms with Crippen molar-refractivity contribution in [3.05, 3.63) is 48.3 Å². The molecule has 2 aromatic rings. The average molecular weight is 258 g/mol. The van der Waals surface area contributed by atoms with Crippen LogP contribution >= 0.6 is 0 Å². The van der Waals surface area contributed by atoms with Gasteiger partial charge in [-0.2, -0.15) is 0 Å². The van der Waals surface area contributed by atoms with E-state index in [-0.39, 0.29) is 6.04 Å². The van der Waals surface area contributed by atoms with Crippen LogP contribution in [-0.4, -0.2) is 14.5 Å². The van der Waals surface area contributed by atoms with Crippen LogP contribution in [0.15, 0.2) is 36.9 Å². The third kappa shape index (κ3) is 3.89. The third-order valence-electron chi connectivity index (χ3n) is 3.18. The van der Waals surface area contributed by atoms with Crippen molar-refractivity contribution in [3.63, 3.8) is 0 Å². The summed E-state index contributed by atoms with van der Waals surface area (Å²) in [4.78, 5) is 8.56. The smallest absolute Gasteiger partial charge is 0.0948 e. The second kappa shape index (κ2) is 6.48. The molecule has 0 bridgehead atoms. The van der Waals surface area contributed by atoms with Crippen LogP contribution < -0.4 is 5.73 Å². The van der Waals surface area contributed by atoms with Crippen molar-refractivity contribution in [1.82, 2.24) is 14.5 Å². The van der Waals surface area contributed by atoms with Gasteiger partial charge in [-0.05, 0) is 24.5 Å². The van der Waals surface area contributed by atoms with Gasteiger partial charge in [0.2, 0.25) is 0 Å². The highest BCUT2D eigenvalue weighted by atomic mass is 15.1. The molecular weight excluding hydrogens is 236 g/mol. The molecule has 0 saturated carbocycles. The molecule has 4 nitrogen and oxygen atoms in total. The molecule has 0 spiro atoms. The lowest BCUT2D eigenvalue weighted by molar-refractivity contribution is 0.482. The summed E-state index contributed by atoms with van der Waals surface area (Å²) in [6.07, 6.45) is 7.45. The van der Waals surface area contributed by atoms with Crippen LogP contribution in [0.4, 0.5) is 0 Å². The molecule has 2 heterocycles. The van der Waals surface area contributed by atoms with Gasteiger partial charge < -0.3 is 10.3 Å². The van der Waals surface area contributed by atoms with Gasteiger partial charge in [0.15, 0.2) is 0 Å². The van der Waals surface area contributed by atoms with Crippen molar-refractivity contribution in [2.75, 3.05) is 0 Å². The van der Waals surface area contributed by atoms with Crippen LogP contribution in [0.5, 0.6) is 0 Å². The molecule has 1 unspecified atom stereocenters. The molecule has 0 aromatic carbocycles. The Bertz CT molecular complexity index is 490. The van der Waals surface area contributed by atoms with Gasteiger partial charge in [0, 0.05) is 37.1 Å². The number of pyridine rings is 1. The molecule has 0 radical (unpaired) electrons. The zero-order valence-corrected chi connectivity index (χ0v) is 11.7. The first-order valence-corrected chi connectivity index (χ1v) is 6.82. The Hall–Kier alpha value is -1.68. The number of imidazole rings is 1. The van der Waals surface area contributed by atoms with E-state index >= 15 is 0 Å². The summed E-state index contributed by atoms with van der Waals surface area (Å²) in [6, 6.07) is 6.06. The Labute approximate surface area is 114 Å². The number of aromatic nitrogens is 3. The number of nitrogens with two attached hydrogens (primary N) is 1. The molecule has 2 aromatic heterocycles. The summed E-state index contributed by atoms with van der Waals surface area (Å²) in [6.45, 7) is 5.25. The molecule has 0 fully saturated rings. The van der Waals surface area contributed by atoms with Crippen LogP contribution in [-0.2, 0) is 13.0 Å². The largest absolute Gasteiger partial charge is 0.333 e. The van der Waals surface area contributed by atoms with Crippen molar-refractivity contribution in [1.29, 1.82) is 0 Å². The first-order valence-electron chi connectivity index (χ1n) is 6.82. The Morgan fingerprint density at radius 2 is 2.16 bits per heavy atom. The van der Waals surface area contributed by atoms with Gasteiger partial charge >= 0.3 is 0 Å². The zero-order chi connectivity index (χ0) is 13.7. The van der Waals surface area contributed by atoms with Gasteiger partial charge in [-0.1, -0.05) is 19.9 Å². The van der Waals surface area contributed by atoms with Gasteiger partial charge in [0.25, 0.3) is 0 Å². The summed E-state index contributed by atoms with van der Waals surface area (Å²) in [5.74, 6) is 0.592. The number of hydrogen-bond donors (Lipinski definition) is 1. The fraction of sp³-hybridized carbons (Fsp3) is 0.467. The van der Waals surface area contributed by atoms with Crippen molar-refractivity contribution in [2.45, 2.75) is 39.3 Å². The maximum absolute atomic E-state index is 6.23. The van der Waals surface area contributed by atoms with Crippen molar-refractivity contribution < 1.29 is 0 Å². The van der Waals surface area contributed by atoms with Crippen LogP contribution in [0, 0.1) is 5.92 Å². The lowest BCUT2D eigenvalue weighted by Crippen LogP contribution is -2.18. The Morgan fingerprint density at radius 3 is 2.84 bits per heavy atom. The minimum Gasteiger partial charge on any atom is -0.333 e. The second-order valence-corrected chi connectivity index (χ2v) is 5.32. The average Bonchev–Trinajstić information content (AvgIpc) is 2.85. The van der Waals surface area contributed by atoms with Crippen LogP contribution in [0.25, 0.3) is 0 Å². The lowest BCUT2D eigenvalue weighted by atomic mass is 10.0. The topological polar surface area (TPSA) is 56.7 Å². The van der Waals surface area contributed by atoms with Gasteiger partial charge in [-0.3, -0.25) is 4.98 Å². The minimum absolute atomic E-state index is 0.0613. The molecule has 19 heavy (non-hydrogen) atoms. The van der Waals surface area contributed by atoms with E-state index in [0.717, 1.165) is 30.8 Å². The maximum Gasteiger partial charge on any atom is 0.0948 e. The standard InChI is InChI=1S/C15H22N4/c1-12(2)9-14(16)15-10-17-11-19(15)8-6-13-5-3-4-7-18-13/h3-5,7,10-12,14H,6,8-9,16H2,1-2H3. The van der Waals surface area contributed by atoms with Gasteiger partial charge in [-0.15, -0.1) is 0 Å². The quantitative estimate of drug-likeness (QED) is 0.866. The second-order valence-electron chi connectivity index (χ2n) is 5.32. The minimum atomic E-state index is 0.0613. The fourth-order valence-corrected chi connectivity index (χ4v) is 2.24. The molecule has 0 saturated heterocycles. The maximum atomic E-state index is 6.23. The molecule has 2 rings (SSSR count). The Balaban J connectivity index is 2.00. The van der Waals surface area contributed by atoms with E-state index in [9.17, 15) is 0 Å². The van der Waals surface area contributed by atoms with Crippen LogP contribution in [0.2, 0.25) is 0 Å². The summed E-state index contributed by atoms with van der Waals surface area (Å²) in [5, 5.41) is 0. The van der Waals surface area contributed by atoms with E-state index in [1.807, 2.05) is 36.9 Å². The normalized spacial score (nSPS) is 12.8. The van der Waals surface area contributed by atoms with Crippen molar-refractivity contribution in [3.8, 4) is 0 Å². The highest BCUT2D eigenvalue weighted by molar-refractivity contribution is 5.07. The lowest BCUT2D eigenvalue weighted by Gasteiger charge is -2.16. The molecule has 4 heteroatoms. The molecule has 0 amide bonds. The molecule has 1 atom stereocenters. The predicted molar refractivity (Wildman–Crippen MR) is 76.6 cm³/mol. The fourth-order valence-electron chi connectivity index (χ4n) is 2.24. The van der Waals surface area contributed by atoms with Gasteiger partial charge in [0.1, 0.15) is 0 Å². The predicted octanol–water partition coefficient (Wildman–Crippen LogP) is 2.57. The summed E-state index contributed by atoms with van der Waals surface area (Å²) >= 11 is 0. The zero-order valence-electron chi connectivity index (χ0n) is 11.7. The monoisotopic (exact) mass is 258 g/mol. The summed E-state index contributed by atoms with van der Waals surface area (Å²) in [7, 11) is 0. The SMILES string of the molecule is CC(C)CC(N)c1cncn1CCc1ccccn1. The van der Waals surface area contributed by atoms with E-state index in [4.69, 9.17) is 5.73 Å². The van der Waals surface area contributed by atoms with Gasteiger partial charge in [-0.25, -0.2) is 4.98 Å². The van der Waals surface area contributed by atoms with E-state index < -0.39 is 0 Å². The van der Waals surface area contributed by atoms with E-state index in [1.165, 1.54) is 0 Å².